The van der Waals surface area contributed by atoms with Gasteiger partial charge < -0.3 is 35.5 Å². The first-order valence-electron chi connectivity index (χ1n) is 7.41. The molecule has 22 heavy (non-hydrogen) atoms. The van der Waals surface area contributed by atoms with E-state index in [1.165, 1.54) is 14.2 Å². The van der Waals surface area contributed by atoms with Crippen LogP contribution in [0.1, 0.15) is 19.8 Å². The van der Waals surface area contributed by atoms with Gasteiger partial charge in [0.25, 0.3) is 5.91 Å². The number of hydrogen-bond acceptors (Lipinski definition) is 7. The summed E-state index contributed by atoms with van der Waals surface area (Å²) in [5, 5.41) is 22.0. The van der Waals surface area contributed by atoms with Crippen molar-refractivity contribution in [1.82, 2.24) is 5.32 Å². The molecule has 3 unspecified atom stereocenters. The zero-order valence-corrected chi connectivity index (χ0v) is 13.6. The number of methoxy groups -OCH3 is 3. The Balaban J connectivity index is 2.82. The Hall–Kier alpha value is -0.770. The predicted octanol–water partition coefficient (Wildman–Crippen LogP) is -1.62. The van der Waals surface area contributed by atoms with Gasteiger partial charge in [0.2, 0.25) is 0 Å². The lowest BCUT2D eigenvalue weighted by atomic mass is 9.83. The Morgan fingerprint density at radius 3 is 2.18 bits per heavy atom. The zero-order valence-electron chi connectivity index (χ0n) is 13.6. The van der Waals surface area contributed by atoms with Gasteiger partial charge in [0.05, 0.1) is 12.1 Å². The predicted molar refractivity (Wildman–Crippen MR) is 79.2 cm³/mol. The van der Waals surface area contributed by atoms with Crippen LogP contribution in [0.15, 0.2) is 0 Å². The fraction of sp³-hybridized carbons (Fsp3) is 0.929. The molecule has 0 saturated heterocycles. The van der Waals surface area contributed by atoms with E-state index in [0.29, 0.717) is 6.42 Å². The zero-order chi connectivity index (χ0) is 16.9. The second kappa shape index (κ2) is 8.76. The summed E-state index contributed by atoms with van der Waals surface area (Å²) >= 11 is 0. The van der Waals surface area contributed by atoms with E-state index in [0.717, 1.165) is 0 Å². The van der Waals surface area contributed by atoms with Crippen molar-refractivity contribution < 1.29 is 29.2 Å². The molecule has 0 radical (unpaired) electrons. The van der Waals surface area contributed by atoms with Gasteiger partial charge in [0.1, 0.15) is 18.3 Å². The highest BCUT2D eigenvalue weighted by Gasteiger charge is 2.45. The third-order valence-electron chi connectivity index (χ3n) is 4.19. The van der Waals surface area contributed by atoms with Crippen molar-refractivity contribution in [2.75, 3.05) is 21.3 Å². The molecule has 0 aromatic carbocycles. The smallest absolute Gasteiger partial charge is 0.251 e. The molecule has 0 aliphatic heterocycles. The molecule has 0 spiro atoms. The first-order valence-corrected chi connectivity index (χ1v) is 7.41. The van der Waals surface area contributed by atoms with E-state index in [1.807, 2.05) is 0 Å². The summed E-state index contributed by atoms with van der Waals surface area (Å²) in [5.41, 5.74) is 6.08. The van der Waals surface area contributed by atoms with E-state index < -0.39 is 36.4 Å². The van der Waals surface area contributed by atoms with E-state index in [9.17, 15) is 15.0 Å². The third-order valence-corrected chi connectivity index (χ3v) is 4.19. The summed E-state index contributed by atoms with van der Waals surface area (Å²) in [6.07, 6.45) is -3.17. The molecule has 0 heterocycles. The quantitative estimate of drug-likeness (QED) is 0.444. The molecule has 1 saturated carbocycles. The van der Waals surface area contributed by atoms with Crippen LogP contribution >= 0.6 is 0 Å². The number of hydrogen-bond donors (Lipinski definition) is 4. The highest BCUT2D eigenvalue weighted by molar-refractivity contribution is 5.81. The maximum Gasteiger partial charge on any atom is 0.251 e. The molecule has 8 nitrogen and oxygen atoms in total. The van der Waals surface area contributed by atoms with E-state index in [4.69, 9.17) is 19.9 Å². The number of ether oxygens (including phenoxy) is 3. The molecule has 1 fully saturated rings. The summed E-state index contributed by atoms with van der Waals surface area (Å²) in [5.74, 6) is -0.653. The molecule has 0 bridgehead atoms. The Morgan fingerprint density at radius 2 is 1.73 bits per heavy atom. The molecular weight excluding hydrogens is 292 g/mol. The molecule has 1 aliphatic carbocycles. The van der Waals surface area contributed by atoms with Crippen molar-refractivity contribution in [2.24, 2.45) is 5.73 Å². The molecule has 130 valence electrons. The van der Waals surface area contributed by atoms with E-state index in [-0.39, 0.29) is 18.6 Å². The number of rotatable bonds is 7. The highest BCUT2D eigenvalue weighted by atomic mass is 16.6. The van der Waals surface area contributed by atoms with Crippen molar-refractivity contribution >= 4 is 5.91 Å². The van der Waals surface area contributed by atoms with Crippen LogP contribution in [0.4, 0.5) is 0 Å². The van der Waals surface area contributed by atoms with Crippen LogP contribution in [-0.4, -0.2) is 80.1 Å². The lowest BCUT2D eigenvalue weighted by Crippen LogP contribution is -2.65. The first kappa shape index (κ1) is 19.3. The van der Waals surface area contributed by atoms with Crippen molar-refractivity contribution in [1.29, 1.82) is 0 Å². The minimum atomic E-state index is -1.49. The molecule has 1 amide bonds. The number of carbonyl (C=O) groups is 1. The number of nitrogens with one attached hydrogen (secondary N) is 1. The molecule has 1 rings (SSSR count). The van der Waals surface area contributed by atoms with E-state index in [2.05, 4.69) is 5.32 Å². The Morgan fingerprint density at radius 1 is 1.18 bits per heavy atom. The fourth-order valence-electron chi connectivity index (χ4n) is 2.90. The van der Waals surface area contributed by atoms with Crippen LogP contribution in [0.2, 0.25) is 0 Å². The highest BCUT2D eigenvalue weighted by Crippen LogP contribution is 2.26. The molecule has 1 aliphatic rings. The summed E-state index contributed by atoms with van der Waals surface area (Å²) in [7, 11) is 4.58. The average molecular weight is 320 g/mol. The Labute approximate surface area is 130 Å². The van der Waals surface area contributed by atoms with Crippen LogP contribution in [0.5, 0.6) is 0 Å². The standard InChI is InChI=1S/C14H28N2O6/c1-5-9(17)10(18)14(19)16-8-6-7(15)11(20-2)13(22-4)12(8)21-3/h7-13,17-18H,5-6,15H2,1-4H3,(H,16,19)/t7-,8+,9?,10?,11+,12?,13-/m0/s1. The number of amides is 1. The van der Waals surface area contributed by atoms with Crippen LogP contribution in [0.25, 0.3) is 0 Å². The van der Waals surface area contributed by atoms with Crippen LogP contribution < -0.4 is 11.1 Å². The first-order chi connectivity index (χ1) is 10.4. The van der Waals surface area contributed by atoms with Gasteiger partial charge >= 0.3 is 0 Å². The molecule has 8 heteroatoms. The van der Waals surface area contributed by atoms with Crippen molar-refractivity contribution in [2.45, 2.75) is 62.4 Å². The second-order valence-corrected chi connectivity index (χ2v) is 5.54. The Bertz CT molecular complexity index is 356. The molecule has 5 N–H and O–H groups in total. The van der Waals surface area contributed by atoms with Gasteiger partial charge in [-0.2, -0.15) is 0 Å². The molecular formula is C14H28N2O6. The van der Waals surface area contributed by atoms with Crippen LogP contribution in [-0.2, 0) is 19.0 Å². The molecule has 7 atom stereocenters. The number of nitrogens with two attached hydrogens (primary N) is 1. The summed E-state index contributed by atoms with van der Waals surface area (Å²) in [6, 6.07) is -0.789. The van der Waals surface area contributed by atoms with Gasteiger partial charge in [0, 0.05) is 27.4 Å². The van der Waals surface area contributed by atoms with Gasteiger partial charge in [-0.25, -0.2) is 0 Å². The number of aliphatic hydroxyl groups excluding tert-OH is 2. The maximum atomic E-state index is 12.0. The topological polar surface area (TPSA) is 123 Å². The molecule has 0 aromatic heterocycles. The minimum absolute atomic E-state index is 0.277. The van der Waals surface area contributed by atoms with E-state index >= 15 is 0 Å². The SMILES string of the molecule is CCC(O)C(O)C(=O)N[C@@H]1C[C@H](N)[C@@H](OC)[C@H](OC)C1OC. The summed E-state index contributed by atoms with van der Waals surface area (Å²) < 4.78 is 16.2. The van der Waals surface area contributed by atoms with Crippen LogP contribution in [0, 0.1) is 0 Å². The minimum Gasteiger partial charge on any atom is -0.390 e. The van der Waals surface area contributed by atoms with Crippen molar-refractivity contribution in [3.8, 4) is 0 Å². The van der Waals surface area contributed by atoms with Crippen molar-refractivity contribution in [3.63, 3.8) is 0 Å². The summed E-state index contributed by atoms with van der Waals surface area (Å²) in [6.45, 7) is 1.68. The van der Waals surface area contributed by atoms with Crippen LogP contribution in [0.3, 0.4) is 0 Å². The van der Waals surface area contributed by atoms with E-state index in [1.54, 1.807) is 14.0 Å². The fourth-order valence-corrected chi connectivity index (χ4v) is 2.90. The van der Waals surface area contributed by atoms with Gasteiger partial charge in [-0.1, -0.05) is 6.92 Å². The second-order valence-electron chi connectivity index (χ2n) is 5.54. The average Bonchev–Trinajstić information content (AvgIpc) is 2.52. The van der Waals surface area contributed by atoms with Gasteiger partial charge in [-0.15, -0.1) is 0 Å². The number of aliphatic hydroxyl groups is 2. The largest absolute Gasteiger partial charge is 0.390 e. The molecule has 0 aromatic rings. The van der Waals surface area contributed by atoms with Gasteiger partial charge in [0.15, 0.2) is 6.10 Å². The lowest BCUT2D eigenvalue weighted by Gasteiger charge is -2.44. The van der Waals surface area contributed by atoms with Crippen molar-refractivity contribution in [3.05, 3.63) is 0 Å². The Kier molecular flexibility index (Phi) is 7.67. The number of carbonyl (C=O) groups excluding carboxylic acids is 1. The summed E-state index contributed by atoms with van der Waals surface area (Å²) in [4.78, 5) is 12.0. The monoisotopic (exact) mass is 320 g/mol. The lowest BCUT2D eigenvalue weighted by molar-refractivity contribution is -0.154. The van der Waals surface area contributed by atoms with Gasteiger partial charge in [-0.3, -0.25) is 4.79 Å². The third kappa shape index (κ3) is 4.15. The maximum absolute atomic E-state index is 12.0. The normalized spacial score (nSPS) is 35.0. The van der Waals surface area contributed by atoms with Gasteiger partial charge in [-0.05, 0) is 12.8 Å².